The molecule has 0 aliphatic heterocycles. The average Bonchev–Trinajstić information content (AvgIpc) is 2.42. The minimum atomic E-state index is -0.279. The number of hydrogen-bond acceptors (Lipinski definition) is 2. The molecule has 2 aromatic rings. The summed E-state index contributed by atoms with van der Waals surface area (Å²) < 4.78 is 0. The Morgan fingerprint density at radius 2 is 1.47 bits per heavy atom. The molecule has 0 radical (unpaired) electrons. The van der Waals surface area contributed by atoms with E-state index in [0.29, 0.717) is 0 Å². The summed E-state index contributed by atoms with van der Waals surface area (Å²) in [5, 5.41) is 3.07. The molecule has 0 fully saturated rings. The molecule has 2 aromatic carbocycles. The number of carbonyl (C=O) groups is 1. The zero-order chi connectivity index (χ0) is 12.1. The van der Waals surface area contributed by atoms with Crippen LogP contribution < -0.4 is 5.32 Å². The summed E-state index contributed by atoms with van der Waals surface area (Å²) in [5.41, 5.74) is 1.72. The van der Waals surface area contributed by atoms with Gasteiger partial charge in [-0.2, -0.15) is 0 Å². The summed E-state index contributed by atoms with van der Waals surface area (Å²) in [6.45, 7) is 0. The van der Waals surface area contributed by atoms with Gasteiger partial charge in [0.25, 0.3) is 0 Å². The average molecular weight is 225 g/mol. The Balaban J connectivity index is 2.29. The molecule has 0 aliphatic rings. The molecule has 0 aromatic heterocycles. The van der Waals surface area contributed by atoms with Crippen molar-refractivity contribution in [3.63, 3.8) is 0 Å². The van der Waals surface area contributed by atoms with Crippen molar-refractivity contribution >= 4 is 5.78 Å². The van der Waals surface area contributed by atoms with Crippen LogP contribution in [-0.2, 0) is 0 Å². The van der Waals surface area contributed by atoms with Crippen LogP contribution in [0, 0.1) is 0 Å². The van der Waals surface area contributed by atoms with E-state index < -0.39 is 0 Å². The highest BCUT2D eigenvalue weighted by Crippen LogP contribution is 2.17. The topological polar surface area (TPSA) is 29.1 Å². The van der Waals surface area contributed by atoms with E-state index in [4.69, 9.17) is 0 Å². The van der Waals surface area contributed by atoms with E-state index in [0.717, 1.165) is 11.1 Å². The maximum absolute atomic E-state index is 12.3. The van der Waals surface area contributed by atoms with E-state index in [9.17, 15) is 4.79 Å². The molecule has 2 rings (SSSR count). The van der Waals surface area contributed by atoms with Crippen LogP contribution in [0.25, 0.3) is 0 Å². The molecule has 1 atom stereocenters. The molecular formula is C15H15NO. The standard InChI is InChI=1S/C15H15NO/c1-16-14(12-8-4-2-5-9-12)15(17)13-10-6-3-7-11-13/h2-11,14,16H,1H3. The quantitative estimate of drug-likeness (QED) is 0.811. The second kappa shape index (κ2) is 5.41. The first kappa shape index (κ1) is 11.6. The van der Waals surface area contributed by atoms with Crippen molar-refractivity contribution in [3.8, 4) is 0 Å². The predicted molar refractivity (Wildman–Crippen MR) is 69.0 cm³/mol. The number of nitrogens with one attached hydrogen (secondary N) is 1. The fourth-order valence-electron chi connectivity index (χ4n) is 1.86. The summed E-state index contributed by atoms with van der Waals surface area (Å²) in [4.78, 5) is 12.3. The van der Waals surface area contributed by atoms with Crippen LogP contribution in [0.4, 0.5) is 0 Å². The SMILES string of the molecule is CNC(C(=O)c1ccccc1)c1ccccc1. The van der Waals surface area contributed by atoms with Crippen LogP contribution in [0.1, 0.15) is 22.0 Å². The fourth-order valence-corrected chi connectivity index (χ4v) is 1.86. The summed E-state index contributed by atoms with van der Waals surface area (Å²) in [6, 6.07) is 18.8. The van der Waals surface area contributed by atoms with Gasteiger partial charge in [0.05, 0.1) is 6.04 Å². The number of benzene rings is 2. The van der Waals surface area contributed by atoms with Crippen LogP contribution in [0.5, 0.6) is 0 Å². The zero-order valence-electron chi connectivity index (χ0n) is 9.76. The van der Waals surface area contributed by atoms with Gasteiger partial charge in [-0.25, -0.2) is 0 Å². The Morgan fingerprint density at radius 1 is 0.941 bits per heavy atom. The fraction of sp³-hybridized carbons (Fsp3) is 0.133. The number of likely N-dealkylation sites (N-methyl/N-ethyl adjacent to an activating group) is 1. The predicted octanol–water partition coefficient (Wildman–Crippen LogP) is 2.83. The minimum Gasteiger partial charge on any atom is -0.307 e. The van der Waals surface area contributed by atoms with E-state index in [1.165, 1.54) is 0 Å². The third-order valence-electron chi connectivity index (χ3n) is 2.74. The van der Waals surface area contributed by atoms with Crippen molar-refractivity contribution < 1.29 is 4.79 Å². The van der Waals surface area contributed by atoms with Gasteiger partial charge in [0.15, 0.2) is 5.78 Å². The normalized spacial score (nSPS) is 12.1. The van der Waals surface area contributed by atoms with E-state index in [2.05, 4.69) is 5.32 Å². The van der Waals surface area contributed by atoms with Gasteiger partial charge in [-0.05, 0) is 12.6 Å². The number of ketones is 1. The molecular weight excluding hydrogens is 210 g/mol. The summed E-state index contributed by atoms with van der Waals surface area (Å²) >= 11 is 0. The molecule has 0 amide bonds. The molecule has 0 bridgehead atoms. The minimum absolute atomic E-state index is 0.0966. The molecule has 1 N–H and O–H groups in total. The summed E-state index contributed by atoms with van der Waals surface area (Å²) in [6.07, 6.45) is 0. The molecule has 0 spiro atoms. The second-order valence-electron chi connectivity index (χ2n) is 3.86. The van der Waals surface area contributed by atoms with Crippen molar-refractivity contribution in [3.05, 3.63) is 71.8 Å². The Labute approximate surface area is 101 Å². The lowest BCUT2D eigenvalue weighted by Crippen LogP contribution is -2.25. The van der Waals surface area contributed by atoms with Crippen LogP contribution in [0.15, 0.2) is 60.7 Å². The zero-order valence-corrected chi connectivity index (χ0v) is 9.76. The van der Waals surface area contributed by atoms with Crippen molar-refractivity contribution in [2.24, 2.45) is 0 Å². The highest BCUT2D eigenvalue weighted by atomic mass is 16.1. The first-order valence-corrected chi connectivity index (χ1v) is 5.64. The van der Waals surface area contributed by atoms with Crippen LogP contribution in [-0.4, -0.2) is 12.8 Å². The molecule has 0 aliphatic carbocycles. The van der Waals surface area contributed by atoms with Gasteiger partial charge in [0, 0.05) is 5.56 Å². The lowest BCUT2D eigenvalue weighted by Gasteiger charge is -2.15. The van der Waals surface area contributed by atoms with Gasteiger partial charge in [0.1, 0.15) is 0 Å². The van der Waals surface area contributed by atoms with Crippen molar-refractivity contribution in [1.82, 2.24) is 5.32 Å². The molecule has 0 saturated heterocycles. The molecule has 86 valence electrons. The second-order valence-corrected chi connectivity index (χ2v) is 3.86. The molecule has 1 unspecified atom stereocenters. The number of Topliss-reactive ketones (excluding diaryl/α,β-unsaturated/α-hetero) is 1. The third kappa shape index (κ3) is 2.60. The van der Waals surface area contributed by atoms with Crippen LogP contribution in [0.2, 0.25) is 0 Å². The molecule has 2 nitrogen and oxygen atoms in total. The maximum atomic E-state index is 12.3. The van der Waals surface area contributed by atoms with Crippen LogP contribution in [0.3, 0.4) is 0 Å². The van der Waals surface area contributed by atoms with Gasteiger partial charge < -0.3 is 5.32 Å². The van der Waals surface area contributed by atoms with Gasteiger partial charge in [-0.15, -0.1) is 0 Å². The Hall–Kier alpha value is -1.93. The van der Waals surface area contributed by atoms with Crippen LogP contribution >= 0.6 is 0 Å². The number of hydrogen-bond donors (Lipinski definition) is 1. The van der Waals surface area contributed by atoms with Gasteiger partial charge >= 0.3 is 0 Å². The highest BCUT2D eigenvalue weighted by Gasteiger charge is 2.19. The summed E-state index contributed by atoms with van der Waals surface area (Å²) in [5.74, 6) is 0.0966. The highest BCUT2D eigenvalue weighted by molar-refractivity contribution is 6.00. The lowest BCUT2D eigenvalue weighted by atomic mass is 9.98. The van der Waals surface area contributed by atoms with Gasteiger partial charge in [-0.1, -0.05) is 60.7 Å². The monoisotopic (exact) mass is 225 g/mol. The van der Waals surface area contributed by atoms with Gasteiger partial charge in [-0.3, -0.25) is 4.79 Å². The van der Waals surface area contributed by atoms with Crippen molar-refractivity contribution in [2.45, 2.75) is 6.04 Å². The van der Waals surface area contributed by atoms with E-state index >= 15 is 0 Å². The van der Waals surface area contributed by atoms with Gasteiger partial charge in [0.2, 0.25) is 0 Å². The third-order valence-corrected chi connectivity index (χ3v) is 2.74. The van der Waals surface area contributed by atoms with Crippen molar-refractivity contribution in [2.75, 3.05) is 7.05 Å². The number of rotatable bonds is 4. The molecule has 17 heavy (non-hydrogen) atoms. The smallest absolute Gasteiger partial charge is 0.184 e. The first-order chi connectivity index (χ1) is 8.33. The molecule has 2 heteroatoms. The molecule has 0 heterocycles. The maximum Gasteiger partial charge on any atom is 0.184 e. The molecule has 0 saturated carbocycles. The lowest BCUT2D eigenvalue weighted by molar-refractivity contribution is 0.0947. The van der Waals surface area contributed by atoms with Crippen molar-refractivity contribution in [1.29, 1.82) is 0 Å². The Morgan fingerprint density at radius 3 is 2.00 bits per heavy atom. The largest absolute Gasteiger partial charge is 0.307 e. The number of carbonyl (C=O) groups excluding carboxylic acids is 1. The Bertz CT molecular complexity index is 479. The van der Waals surface area contributed by atoms with E-state index in [1.54, 1.807) is 7.05 Å². The van der Waals surface area contributed by atoms with E-state index in [-0.39, 0.29) is 11.8 Å². The Kier molecular flexibility index (Phi) is 3.68. The first-order valence-electron chi connectivity index (χ1n) is 5.64. The summed E-state index contributed by atoms with van der Waals surface area (Å²) in [7, 11) is 1.80. The van der Waals surface area contributed by atoms with E-state index in [1.807, 2.05) is 60.7 Å².